The van der Waals surface area contributed by atoms with E-state index in [0.717, 1.165) is 0 Å². The number of carbonyl (C=O) groups is 1. The van der Waals surface area contributed by atoms with Crippen LogP contribution in [0.25, 0.3) is 0 Å². The third kappa shape index (κ3) is 3.21. The second kappa shape index (κ2) is 4.80. The molecule has 0 saturated heterocycles. The van der Waals surface area contributed by atoms with Crippen LogP contribution in [0.5, 0.6) is 0 Å². The van der Waals surface area contributed by atoms with Gasteiger partial charge in [0, 0.05) is 6.07 Å². The maximum atomic E-state index is 11.1. The number of hydrogen-bond acceptors (Lipinski definition) is 4. The Labute approximate surface area is 84.6 Å². The van der Waals surface area contributed by atoms with Crippen molar-refractivity contribution in [1.82, 2.24) is 9.97 Å². The molecule has 0 aromatic carbocycles. The van der Waals surface area contributed by atoms with Gasteiger partial charge in [0.1, 0.15) is 5.82 Å². The first-order chi connectivity index (χ1) is 6.61. The van der Waals surface area contributed by atoms with Crippen molar-refractivity contribution in [1.29, 1.82) is 0 Å². The summed E-state index contributed by atoms with van der Waals surface area (Å²) in [4.78, 5) is 28.0. The second-order valence-corrected chi connectivity index (χ2v) is 3.55. The van der Waals surface area contributed by atoms with Gasteiger partial charge in [-0.3, -0.25) is 9.59 Å². The first kappa shape index (κ1) is 10.8. The number of carboxylic acids is 1. The highest BCUT2D eigenvalue weighted by Crippen LogP contribution is 2.02. The monoisotopic (exact) mass is 214 g/mol. The Morgan fingerprint density at radius 1 is 1.71 bits per heavy atom. The largest absolute Gasteiger partial charge is 0.481 e. The summed E-state index contributed by atoms with van der Waals surface area (Å²) < 4.78 is 0. The average molecular weight is 214 g/mol. The summed E-state index contributed by atoms with van der Waals surface area (Å²) in [5.74, 6) is 0.0994. The lowest BCUT2D eigenvalue weighted by Gasteiger charge is -2.00. The highest BCUT2D eigenvalue weighted by atomic mass is 32.2. The van der Waals surface area contributed by atoms with E-state index in [0.29, 0.717) is 17.3 Å². The van der Waals surface area contributed by atoms with Crippen LogP contribution in [0.3, 0.4) is 0 Å². The number of aromatic nitrogens is 2. The van der Waals surface area contributed by atoms with E-state index in [1.54, 1.807) is 0 Å². The van der Waals surface area contributed by atoms with Crippen LogP contribution < -0.4 is 5.56 Å². The number of rotatable bonds is 4. The third-order valence-electron chi connectivity index (χ3n) is 1.46. The van der Waals surface area contributed by atoms with E-state index in [9.17, 15) is 9.59 Å². The summed E-state index contributed by atoms with van der Waals surface area (Å²) in [6.07, 6.45) is 1.66. The topological polar surface area (TPSA) is 83.0 Å². The van der Waals surface area contributed by atoms with Crippen LogP contribution in [0.2, 0.25) is 0 Å². The number of aromatic amines is 1. The second-order valence-electron chi connectivity index (χ2n) is 2.69. The van der Waals surface area contributed by atoms with Gasteiger partial charge in [0.15, 0.2) is 0 Å². The molecule has 0 saturated carbocycles. The predicted molar refractivity (Wildman–Crippen MR) is 53.4 cm³/mol. The number of aliphatic carboxylic acids is 1. The molecule has 0 unspecified atom stereocenters. The fraction of sp³-hybridized carbons (Fsp3) is 0.375. The molecule has 0 aliphatic carbocycles. The molecule has 0 amide bonds. The molecule has 0 fully saturated rings. The molecule has 5 nitrogen and oxygen atoms in total. The molecule has 6 heteroatoms. The third-order valence-corrected chi connectivity index (χ3v) is 2.02. The van der Waals surface area contributed by atoms with Crippen molar-refractivity contribution in [2.45, 2.75) is 12.2 Å². The Morgan fingerprint density at radius 3 is 3.00 bits per heavy atom. The Hall–Kier alpha value is -1.30. The summed E-state index contributed by atoms with van der Waals surface area (Å²) >= 11 is 1.51. The number of nitrogens with one attached hydrogen (secondary N) is 1. The molecule has 0 aliphatic rings. The number of hydrogen-bond donors (Lipinski definition) is 2. The van der Waals surface area contributed by atoms with Gasteiger partial charge in [0.25, 0.3) is 5.56 Å². The molecule has 1 rings (SSSR count). The van der Waals surface area contributed by atoms with Gasteiger partial charge in [-0.2, -0.15) is 11.8 Å². The Kier molecular flexibility index (Phi) is 3.70. The minimum Gasteiger partial charge on any atom is -0.481 e. The van der Waals surface area contributed by atoms with Gasteiger partial charge in [0.2, 0.25) is 0 Å². The summed E-state index contributed by atoms with van der Waals surface area (Å²) in [5.41, 5.74) is -0.00870. The maximum Gasteiger partial charge on any atom is 0.309 e. The number of thioether (sulfide) groups is 1. The normalized spacial score (nSPS) is 10.1. The minimum atomic E-state index is -0.988. The Morgan fingerprint density at radius 2 is 2.43 bits per heavy atom. The van der Waals surface area contributed by atoms with Gasteiger partial charge in [0.05, 0.1) is 17.9 Å². The van der Waals surface area contributed by atoms with Crippen molar-refractivity contribution in [3.8, 4) is 0 Å². The summed E-state index contributed by atoms with van der Waals surface area (Å²) in [6, 6.07) is 1.21. The Balaban J connectivity index is 2.94. The van der Waals surface area contributed by atoms with Crippen LogP contribution in [0, 0.1) is 0 Å². The van der Waals surface area contributed by atoms with Gasteiger partial charge in [-0.1, -0.05) is 0 Å². The summed E-state index contributed by atoms with van der Waals surface area (Å²) in [6.45, 7) is 0. The van der Waals surface area contributed by atoms with E-state index in [2.05, 4.69) is 9.97 Å². The van der Waals surface area contributed by atoms with Gasteiger partial charge in [-0.05, 0) is 6.26 Å². The fourth-order valence-electron chi connectivity index (χ4n) is 1.01. The quantitative estimate of drug-likeness (QED) is 0.751. The van der Waals surface area contributed by atoms with Crippen molar-refractivity contribution in [2.75, 3.05) is 6.26 Å². The lowest BCUT2D eigenvalue weighted by atomic mass is 10.3. The molecule has 76 valence electrons. The van der Waals surface area contributed by atoms with Crippen LogP contribution in [0.4, 0.5) is 0 Å². The molecular weight excluding hydrogens is 204 g/mol. The summed E-state index contributed by atoms with van der Waals surface area (Å²) in [7, 11) is 0. The molecule has 0 bridgehead atoms. The standard InChI is InChI=1S/C8H10N2O3S/c1-14-4-6-9-5(3-8(12)13)2-7(11)10-6/h2H,3-4H2,1H3,(H,12,13)(H,9,10,11). The first-order valence-corrected chi connectivity index (χ1v) is 5.31. The summed E-state index contributed by atoms with van der Waals surface area (Å²) in [5, 5.41) is 8.52. The van der Waals surface area contributed by atoms with Crippen molar-refractivity contribution in [3.05, 3.63) is 27.9 Å². The molecule has 1 aromatic rings. The average Bonchev–Trinajstić information content (AvgIpc) is 2.01. The van der Waals surface area contributed by atoms with Crippen LogP contribution in [-0.4, -0.2) is 27.3 Å². The van der Waals surface area contributed by atoms with Gasteiger partial charge in [-0.25, -0.2) is 4.98 Å². The molecule has 1 aromatic heterocycles. The SMILES string of the molecule is CSCc1nc(CC(=O)O)cc(=O)[nH]1. The van der Waals surface area contributed by atoms with Crippen LogP contribution >= 0.6 is 11.8 Å². The zero-order valence-electron chi connectivity index (χ0n) is 7.61. The predicted octanol–water partition coefficient (Wildman–Crippen LogP) is 0.260. The number of nitrogens with zero attached hydrogens (tertiary/aromatic N) is 1. The smallest absolute Gasteiger partial charge is 0.309 e. The molecule has 14 heavy (non-hydrogen) atoms. The molecule has 0 aliphatic heterocycles. The molecule has 0 spiro atoms. The zero-order chi connectivity index (χ0) is 10.6. The van der Waals surface area contributed by atoms with Gasteiger partial charge in [-0.15, -0.1) is 0 Å². The van der Waals surface area contributed by atoms with E-state index < -0.39 is 5.97 Å². The first-order valence-electron chi connectivity index (χ1n) is 3.91. The van der Waals surface area contributed by atoms with Gasteiger partial charge < -0.3 is 10.1 Å². The van der Waals surface area contributed by atoms with Crippen molar-refractivity contribution < 1.29 is 9.90 Å². The maximum absolute atomic E-state index is 11.1. The number of carboxylic acid groups (broad SMARTS) is 1. The van der Waals surface area contributed by atoms with E-state index in [1.807, 2.05) is 6.26 Å². The number of H-pyrrole nitrogens is 1. The lowest BCUT2D eigenvalue weighted by molar-refractivity contribution is -0.136. The molecule has 0 radical (unpaired) electrons. The van der Waals surface area contributed by atoms with Crippen LogP contribution in [-0.2, 0) is 17.0 Å². The van der Waals surface area contributed by atoms with E-state index >= 15 is 0 Å². The molecule has 2 N–H and O–H groups in total. The zero-order valence-corrected chi connectivity index (χ0v) is 8.43. The van der Waals surface area contributed by atoms with Crippen LogP contribution in [0.1, 0.15) is 11.5 Å². The fourth-order valence-corrected chi connectivity index (χ4v) is 1.42. The highest BCUT2D eigenvalue weighted by molar-refractivity contribution is 7.97. The lowest BCUT2D eigenvalue weighted by Crippen LogP contribution is -2.14. The minimum absolute atomic E-state index is 0.217. The van der Waals surface area contributed by atoms with Gasteiger partial charge >= 0.3 is 5.97 Å². The van der Waals surface area contributed by atoms with Crippen molar-refractivity contribution in [3.63, 3.8) is 0 Å². The Bertz CT molecular complexity index is 388. The van der Waals surface area contributed by atoms with E-state index in [-0.39, 0.29) is 12.0 Å². The molecule has 1 heterocycles. The van der Waals surface area contributed by atoms with Crippen molar-refractivity contribution in [2.24, 2.45) is 0 Å². The van der Waals surface area contributed by atoms with Crippen molar-refractivity contribution >= 4 is 17.7 Å². The van der Waals surface area contributed by atoms with E-state index in [4.69, 9.17) is 5.11 Å². The highest BCUT2D eigenvalue weighted by Gasteiger charge is 2.04. The van der Waals surface area contributed by atoms with Crippen LogP contribution in [0.15, 0.2) is 10.9 Å². The molecular formula is C8H10N2O3S. The van der Waals surface area contributed by atoms with E-state index in [1.165, 1.54) is 17.8 Å². The molecule has 0 atom stereocenters.